The Kier molecular flexibility index (Phi) is 6.65. The van der Waals surface area contributed by atoms with Crippen LogP contribution in [0.2, 0.25) is 0 Å². The maximum absolute atomic E-state index is 12.7. The number of aromatic hydroxyl groups is 1. The molecule has 7 heteroatoms. The molecule has 1 aliphatic heterocycles. The molecule has 148 valence electrons. The zero-order valence-corrected chi connectivity index (χ0v) is 16.0. The molecule has 27 heavy (non-hydrogen) atoms. The number of methoxy groups -OCH3 is 1. The van der Waals surface area contributed by atoms with Gasteiger partial charge in [0, 0.05) is 12.6 Å². The number of hydrogen-bond donors (Lipinski definition) is 1. The first-order chi connectivity index (χ1) is 12.3. The molecule has 1 heterocycles. The van der Waals surface area contributed by atoms with Crippen LogP contribution in [0.1, 0.15) is 34.7 Å². The van der Waals surface area contributed by atoms with Crippen molar-refractivity contribution in [1.82, 2.24) is 4.90 Å². The second-order valence-electron chi connectivity index (χ2n) is 6.70. The van der Waals surface area contributed by atoms with E-state index in [0.29, 0.717) is 12.2 Å². The number of phenols is 1. The van der Waals surface area contributed by atoms with Crippen LogP contribution in [0, 0.1) is 0 Å². The van der Waals surface area contributed by atoms with Gasteiger partial charge in [0.25, 0.3) is 0 Å². The first-order valence-electron chi connectivity index (χ1n) is 8.55. The fourth-order valence-electron chi connectivity index (χ4n) is 3.55. The zero-order chi connectivity index (χ0) is 18.9. The molecule has 0 aromatic heterocycles. The van der Waals surface area contributed by atoms with Crippen LogP contribution in [0.15, 0.2) is 36.4 Å². The van der Waals surface area contributed by atoms with Gasteiger partial charge >= 0.3 is 6.18 Å². The van der Waals surface area contributed by atoms with Crippen molar-refractivity contribution in [3.8, 4) is 11.5 Å². The lowest BCUT2D eigenvalue weighted by molar-refractivity contribution is -0.137. The lowest BCUT2D eigenvalue weighted by Crippen LogP contribution is -2.32. The van der Waals surface area contributed by atoms with E-state index in [9.17, 15) is 18.3 Å². The summed E-state index contributed by atoms with van der Waals surface area (Å²) in [5.41, 5.74) is 2.45. The van der Waals surface area contributed by atoms with E-state index in [2.05, 4.69) is 4.90 Å². The molecular formula is C20H23ClF3NO2. The number of aryl methyl sites for hydroxylation is 1. The van der Waals surface area contributed by atoms with Crippen molar-refractivity contribution in [3.63, 3.8) is 0 Å². The number of alkyl halides is 3. The largest absolute Gasteiger partial charge is 0.504 e. The van der Waals surface area contributed by atoms with Gasteiger partial charge in [0.2, 0.25) is 0 Å². The summed E-state index contributed by atoms with van der Waals surface area (Å²) >= 11 is 0. The zero-order valence-electron chi connectivity index (χ0n) is 15.2. The first kappa shape index (κ1) is 21.4. The summed E-state index contributed by atoms with van der Waals surface area (Å²) in [6.07, 6.45) is -2.00. The molecule has 2 aromatic carbocycles. The van der Waals surface area contributed by atoms with Crippen molar-refractivity contribution < 1.29 is 23.0 Å². The van der Waals surface area contributed by atoms with Gasteiger partial charge in [-0.2, -0.15) is 13.2 Å². The number of halogens is 4. The highest BCUT2D eigenvalue weighted by atomic mass is 35.5. The van der Waals surface area contributed by atoms with Crippen LogP contribution in [0.25, 0.3) is 0 Å². The second-order valence-corrected chi connectivity index (χ2v) is 6.70. The lowest BCUT2D eigenvalue weighted by Gasteiger charge is -2.35. The van der Waals surface area contributed by atoms with Crippen LogP contribution in [0.4, 0.5) is 13.2 Å². The Bertz CT molecular complexity index is 778. The van der Waals surface area contributed by atoms with Crippen molar-refractivity contribution in [3.05, 3.63) is 58.7 Å². The number of phenolic OH excluding ortho intramolecular Hbond substituents is 1. The van der Waals surface area contributed by atoms with Crippen LogP contribution in [0.3, 0.4) is 0 Å². The predicted octanol–water partition coefficient (Wildman–Crippen LogP) is 5.00. The molecule has 0 saturated carbocycles. The SMILES string of the molecule is COc1cc2c(cc1O)C(CCc1ccc(C(F)(F)F)cc1)N(C)CC2.Cl. The monoisotopic (exact) mass is 401 g/mol. The van der Waals surface area contributed by atoms with E-state index in [1.54, 1.807) is 6.07 Å². The lowest BCUT2D eigenvalue weighted by atomic mass is 9.88. The molecule has 1 aliphatic rings. The van der Waals surface area contributed by atoms with Crippen molar-refractivity contribution in [2.24, 2.45) is 0 Å². The molecule has 2 aromatic rings. The molecule has 0 aliphatic carbocycles. The number of rotatable bonds is 4. The Balaban J connectivity index is 0.00000261. The minimum Gasteiger partial charge on any atom is -0.504 e. The molecule has 0 saturated heterocycles. The molecule has 1 N–H and O–H groups in total. The third kappa shape index (κ3) is 4.68. The van der Waals surface area contributed by atoms with Crippen LogP contribution in [-0.2, 0) is 19.0 Å². The Morgan fingerprint density at radius 3 is 2.44 bits per heavy atom. The molecule has 0 bridgehead atoms. The third-order valence-electron chi connectivity index (χ3n) is 5.05. The molecule has 3 rings (SSSR count). The molecule has 0 radical (unpaired) electrons. The van der Waals surface area contributed by atoms with Crippen LogP contribution in [0.5, 0.6) is 11.5 Å². The maximum Gasteiger partial charge on any atom is 0.416 e. The standard InChI is InChI=1S/C20H22F3NO2.ClH/c1-24-10-9-14-11-19(26-2)18(25)12-16(14)17(24)8-5-13-3-6-15(7-4-13)20(21,22)23;/h3-4,6-7,11-12,17,25H,5,8-10H2,1-2H3;1H. The van der Waals surface area contributed by atoms with Gasteiger partial charge in [0.15, 0.2) is 11.5 Å². The van der Waals surface area contributed by atoms with E-state index in [-0.39, 0.29) is 24.2 Å². The number of ether oxygens (including phenoxy) is 1. The topological polar surface area (TPSA) is 32.7 Å². The van der Waals surface area contributed by atoms with Gasteiger partial charge < -0.3 is 9.84 Å². The van der Waals surface area contributed by atoms with Crippen molar-refractivity contribution >= 4 is 12.4 Å². The van der Waals surface area contributed by atoms with E-state index >= 15 is 0 Å². The highest BCUT2D eigenvalue weighted by Crippen LogP contribution is 2.39. The Labute approximate surface area is 163 Å². The van der Waals surface area contributed by atoms with Gasteiger partial charge in [-0.3, -0.25) is 4.90 Å². The summed E-state index contributed by atoms with van der Waals surface area (Å²) in [5.74, 6) is 0.580. The highest BCUT2D eigenvalue weighted by molar-refractivity contribution is 5.85. The third-order valence-corrected chi connectivity index (χ3v) is 5.05. The summed E-state index contributed by atoms with van der Waals surface area (Å²) in [6.45, 7) is 0.888. The summed E-state index contributed by atoms with van der Waals surface area (Å²) in [4.78, 5) is 2.22. The quantitative estimate of drug-likeness (QED) is 0.782. The van der Waals surface area contributed by atoms with Gasteiger partial charge in [0.1, 0.15) is 0 Å². The Morgan fingerprint density at radius 2 is 1.85 bits per heavy atom. The fourth-order valence-corrected chi connectivity index (χ4v) is 3.55. The minimum atomic E-state index is -4.31. The Morgan fingerprint density at radius 1 is 1.19 bits per heavy atom. The summed E-state index contributed by atoms with van der Waals surface area (Å²) < 4.78 is 43.2. The van der Waals surface area contributed by atoms with Crippen molar-refractivity contribution in [2.45, 2.75) is 31.5 Å². The average Bonchev–Trinajstić information content (AvgIpc) is 2.60. The van der Waals surface area contributed by atoms with Crippen molar-refractivity contribution in [2.75, 3.05) is 20.7 Å². The molecule has 1 atom stereocenters. The number of nitrogens with zero attached hydrogens (tertiary/aromatic N) is 1. The minimum absolute atomic E-state index is 0. The number of fused-ring (bicyclic) bond motifs is 1. The Hall–Kier alpha value is -1.92. The van der Waals surface area contributed by atoms with Crippen LogP contribution >= 0.6 is 12.4 Å². The van der Waals surface area contributed by atoms with Gasteiger partial charge in [0.05, 0.1) is 12.7 Å². The second kappa shape index (κ2) is 8.40. The maximum atomic E-state index is 12.7. The fraction of sp³-hybridized carbons (Fsp3) is 0.400. The van der Waals surface area contributed by atoms with Gasteiger partial charge in [-0.05, 0) is 67.3 Å². The molecular weight excluding hydrogens is 379 g/mol. The first-order valence-corrected chi connectivity index (χ1v) is 8.55. The number of hydrogen-bond acceptors (Lipinski definition) is 3. The van der Waals surface area contributed by atoms with E-state index < -0.39 is 11.7 Å². The predicted molar refractivity (Wildman–Crippen MR) is 101 cm³/mol. The van der Waals surface area contributed by atoms with Gasteiger partial charge in [-0.1, -0.05) is 12.1 Å². The van der Waals surface area contributed by atoms with E-state index in [4.69, 9.17) is 4.74 Å². The van der Waals surface area contributed by atoms with E-state index in [1.165, 1.54) is 19.2 Å². The van der Waals surface area contributed by atoms with Crippen LogP contribution < -0.4 is 4.74 Å². The molecule has 0 fully saturated rings. The van der Waals surface area contributed by atoms with Gasteiger partial charge in [-0.15, -0.1) is 12.4 Å². The molecule has 3 nitrogen and oxygen atoms in total. The number of benzene rings is 2. The molecule has 0 spiro atoms. The van der Waals surface area contributed by atoms with Gasteiger partial charge in [-0.25, -0.2) is 0 Å². The van der Waals surface area contributed by atoms with Crippen LogP contribution in [-0.4, -0.2) is 30.7 Å². The van der Waals surface area contributed by atoms with E-state index in [0.717, 1.165) is 48.2 Å². The van der Waals surface area contributed by atoms with Crippen molar-refractivity contribution in [1.29, 1.82) is 0 Å². The van der Waals surface area contributed by atoms with E-state index in [1.807, 2.05) is 13.1 Å². The summed E-state index contributed by atoms with van der Waals surface area (Å²) in [6, 6.07) is 9.08. The summed E-state index contributed by atoms with van der Waals surface area (Å²) in [7, 11) is 3.56. The summed E-state index contributed by atoms with van der Waals surface area (Å²) in [5, 5.41) is 10.1. The molecule has 1 unspecified atom stereocenters. The number of likely N-dealkylation sites (N-methyl/N-ethyl adjacent to an activating group) is 1. The smallest absolute Gasteiger partial charge is 0.416 e. The molecule has 0 amide bonds. The normalized spacial score (nSPS) is 17.1. The average molecular weight is 402 g/mol. The highest BCUT2D eigenvalue weighted by Gasteiger charge is 2.30.